The standard InChI is InChI=1S/C61H83F2IN12O14S/c1-2-47-35-61(62,63)40-76(47)56(82)36-68-58(85)49-15-17-65-51-14-13-48(34-50(49)51)90-32-5-19-70-28-30-75(31-29-70)60(87)53(79)39-91-33-18-67-59(86)52(7-4-16-66-54(80)8-3-6-45-9-11-46(64)12-10-45)69-55(81)37-71-20-21-72(38-57(83)84)23-25-74(42-89-44-78)27-26-73(24-22-71)41-88-43-77/h1,9-15,17,34,43-44,47,52-53,79H,3-8,16,18-33,35-42H2,(H,66,80)(H,67,86)(H,68,85)(H,69,81)(H,83,84)/t47-,52?,53+/m0/s1. The third kappa shape index (κ3) is 26.0. The molecule has 6 rings (SSSR count). The number of aromatic nitrogens is 1. The number of piperazine rings is 1. The number of carbonyl (C=O) groups excluding carboxylic acids is 8. The number of hydrogen-bond donors (Lipinski definition) is 6. The van der Waals surface area contributed by atoms with Crippen molar-refractivity contribution in [2.45, 2.75) is 69.1 Å². The summed E-state index contributed by atoms with van der Waals surface area (Å²) in [5.41, 5.74) is 1.85. The van der Waals surface area contributed by atoms with Crippen molar-refractivity contribution in [3.8, 4) is 18.1 Å². The number of terminal acetylenes is 1. The minimum Gasteiger partial charge on any atom is -0.494 e. The van der Waals surface area contributed by atoms with Crippen LogP contribution in [0.5, 0.6) is 5.75 Å². The summed E-state index contributed by atoms with van der Waals surface area (Å²) in [5, 5.41) is 32.3. The number of fused-ring (bicyclic) bond motifs is 1. The summed E-state index contributed by atoms with van der Waals surface area (Å²) in [5.74, 6) is -3.81. The summed E-state index contributed by atoms with van der Waals surface area (Å²) in [6.07, 6.45) is 7.80. The number of rotatable bonds is 34. The first-order chi connectivity index (χ1) is 43.8. The van der Waals surface area contributed by atoms with Crippen molar-refractivity contribution in [2.24, 2.45) is 0 Å². The molecule has 3 saturated heterocycles. The number of carboxylic acids is 1. The number of aryl methyl sites for hydroxylation is 1. The third-order valence-corrected chi connectivity index (χ3v) is 17.3. The Labute approximate surface area is 546 Å². The lowest BCUT2D eigenvalue weighted by atomic mass is 10.1. The Bertz CT molecular complexity index is 2930. The predicted octanol–water partition coefficient (Wildman–Crippen LogP) is 0.533. The molecule has 3 aliphatic rings. The highest BCUT2D eigenvalue weighted by atomic mass is 127. The molecular weight excluding hydrogens is 1320 g/mol. The lowest BCUT2D eigenvalue weighted by molar-refractivity contribution is -0.141. The number of aliphatic hydroxyl groups excluding tert-OH is 1. The number of hydrogen-bond acceptors (Lipinski definition) is 20. The first kappa shape index (κ1) is 73.2. The van der Waals surface area contributed by atoms with Crippen LogP contribution in [0.4, 0.5) is 8.78 Å². The Morgan fingerprint density at radius 1 is 0.791 bits per heavy atom. The fourth-order valence-electron chi connectivity index (χ4n) is 10.6. The van der Waals surface area contributed by atoms with E-state index in [-0.39, 0.29) is 76.4 Å². The van der Waals surface area contributed by atoms with Crippen LogP contribution in [0.2, 0.25) is 0 Å². The number of aliphatic carboxylic acids is 1. The van der Waals surface area contributed by atoms with Gasteiger partial charge < -0.3 is 55.5 Å². The molecule has 498 valence electrons. The van der Waals surface area contributed by atoms with Gasteiger partial charge >= 0.3 is 5.97 Å². The largest absolute Gasteiger partial charge is 0.494 e. The molecule has 26 nitrogen and oxygen atoms in total. The van der Waals surface area contributed by atoms with Crippen LogP contribution in [0.25, 0.3) is 10.9 Å². The van der Waals surface area contributed by atoms with E-state index in [1.165, 1.54) is 24.0 Å². The molecule has 3 fully saturated rings. The maximum atomic E-state index is 14.0. The zero-order chi connectivity index (χ0) is 65.5. The number of aliphatic hydroxyl groups is 1. The maximum Gasteiger partial charge on any atom is 0.317 e. The number of nitrogens with zero attached hydrogens (tertiary/aromatic N) is 8. The van der Waals surface area contributed by atoms with Crippen LogP contribution in [-0.2, 0) is 54.3 Å². The van der Waals surface area contributed by atoms with Crippen LogP contribution >= 0.6 is 34.4 Å². The molecule has 6 N–H and O–H groups in total. The zero-order valence-electron chi connectivity index (χ0n) is 51.0. The van der Waals surface area contributed by atoms with E-state index >= 15 is 0 Å². The van der Waals surface area contributed by atoms with Gasteiger partial charge in [-0.3, -0.25) is 72.6 Å². The van der Waals surface area contributed by atoms with Gasteiger partial charge in [-0.15, -0.1) is 6.42 Å². The second-order valence-corrected chi connectivity index (χ2v) is 24.7. The van der Waals surface area contributed by atoms with Crippen LogP contribution in [0.1, 0.15) is 54.4 Å². The van der Waals surface area contributed by atoms with Gasteiger partial charge in [-0.05, 0) is 96.7 Å². The molecule has 0 saturated carbocycles. The third-order valence-electron chi connectivity index (χ3n) is 15.6. The van der Waals surface area contributed by atoms with Crippen LogP contribution in [0.3, 0.4) is 0 Å². The molecule has 1 aromatic heterocycles. The number of pyridine rings is 1. The molecule has 3 aromatic rings. The molecule has 3 atom stereocenters. The van der Waals surface area contributed by atoms with Crippen molar-refractivity contribution < 1.29 is 76.4 Å². The minimum absolute atomic E-state index is 0.0181. The summed E-state index contributed by atoms with van der Waals surface area (Å²) in [4.78, 5) is 130. The number of ether oxygens (including phenoxy) is 3. The average molecular weight is 1410 g/mol. The number of thioether (sulfide) groups is 1. The summed E-state index contributed by atoms with van der Waals surface area (Å²) >= 11 is 3.52. The summed E-state index contributed by atoms with van der Waals surface area (Å²) in [6.45, 7) is 4.84. The van der Waals surface area contributed by atoms with E-state index < -0.39 is 79.1 Å². The van der Waals surface area contributed by atoms with Crippen molar-refractivity contribution >= 4 is 99.6 Å². The number of benzene rings is 2. The van der Waals surface area contributed by atoms with E-state index in [0.29, 0.717) is 140 Å². The molecular formula is C61H83F2IN12O14S. The molecule has 0 bridgehead atoms. The second kappa shape index (κ2) is 38.9. The Morgan fingerprint density at radius 3 is 2.09 bits per heavy atom. The van der Waals surface area contributed by atoms with Crippen molar-refractivity contribution in [3.05, 3.63) is 69.4 Å². The van der Waals surface area contributed by atoms with Crippen molar-refractivity contribution in [2.75, 3.05) is 156 Å². The Balaban J connectivity index is 0.934. The maximum absolute atomic E-state index is 14.0. The highest BCUT2D eigenvalue weighted by molar-refractivity contribution is 14.1. The molecule has 0 spiro atoms. The number of carboxylic acid groups (broad SMARTS) is 1. The van der Waals surface area contributed by atoms with Crippen LogP contribution in [0, 0.1) is 15.9 Å². The predicted molar refractivity (Wildman–Crippen MR) is 341 cm³/mol. The topological polar surface area (TPSA) is 305 Å². The lowest BCUT2D eigenvalue weighted by Crippen LogP contribution is -2.52. The molecule has 4 heterocycles. The fourth-order valence-corrected chi connectivity index (χ4v) is 11.7. The van der Waals surface area contributed by atoms with E-state index in [1.54, 1.807) is 28.0 Å². The van der Waals surface area contributed by atoms with Gasteiger partial charge in [0.15, 0.2) is 0 Å². The van der Waals surface area contributed by atoms with E-state index in [9.17, 15) is 62.1 Å². The molecule has 2 aromatic carbocycles. The molecule has 3 aliphatic heterocycles. The first-order valence-corrected chi connectivity index (χ1v) is 32.6. The molecule has 91 heavy (non-hydrogen) atoms. The number of nitrogens with one attached hydrogen (secondary N) is 4. The number of alkyl halides is 2. The van der Waals surface area contributed by atoms with E-state index in [2.05, 4.69) is 59.7 Å². The summed E-state index contributed by atoms with van der Waals surface area (Å²) in [7, 11) is 0. The lowest BCUT2D eigenvalue weighted by Gasteiger charge is -2.35. The Morgan fingerprint density at radius 2 is 1.44 bits per heavy atom. The van der Waals surface area contributed by atoms with Gasteiger partial charge in [0.2, 0.25) is 23.6 Å². The quantitative estimate of drug-likeness (QED) is 0.0206. The second-order valence-electron chi connectivity index (χ2n) is 22.3. The van der Waals surface area contributed by atoms with Gasteiger partial charge in [-0.2, -0.15) is 11.8 Å². The number of carbonyl (C=O) groups is 9. The fraction of sp³-hybridized carbons (Fsp3) is 0.574. The van der Waals surface area contributed by atoms with Gasteiger partial charge in [0, 0.05) is 138 Å². The molecule has 1 unspecified atom stereocenters. The van der Waals surface area contributed by atoms with Crippen molar-refractivity contribution in [1.82, 2.24) is 60.6 Å². The van der Waals surface area contributed by atoms with Crippen LogP contribution < -0.4 is 26.0 Å². The van der Waals surface area contributed by atoms with Gasteiger partial charge in [-0.25, -0.2) is 8.78 Å². The average Bonchev–Trinajstić information content (AvgIpc) is 2.29. The minimum atomic E-state index is -3.11. The van der Waals surface area contributed by atoms with Crippen LogP contribution in [0.15, 0.2) is 54.7 Å². The molecule has 0 aliphatic carbocycles. The first-order valence-electron chi connectivity index (χ1n) is 30.3. The highest BCUT2D eigenvalue weighted by Gasteiger charge is 2.46. The monoisotopic (exact) mass is 1400 g/mol. The highest BCUT2D eigenvalue weighted by Crippen LogP contribution is 2.32. The molecule has 6 amide bonds. The van der Waals surface area contributed by atoms with Crippen molar-refractivity contribution in [3.63, 3.8) is 0 Å². The molecule has 0 radical (unpaired) electrons. The van der Waals surface area contributed by atoms with E-state index in [1.807, 2.05) is 39.0 Å². The van der Waals surface area contributed by atoms with Gasteiger partial charge in [-0.1, -0.05) is 18.1 Å². The van der Waals surface area contributed by atoms with Crippen molar-refractivity contribution in [1.29, 1.82) is 0 Å². The van der Waals surface area contributed by atoms with E-state index in [0.717, 1.165) is 20.5 Å². The number of halogens is 3. The zero-order valence-corrected chi connectivity index (χ0v) is 54.0. The number of amides is 6. The Kier molecular flexibility index (Phi) is 31.3. The van der Waals surface area contributed by atoms with Gasteiger partial charge in [0.1, 0.15) is 31.4 Å². The van der Waals surface area contributed by atoms with Crippen LogP contribution in [-0.4, -0.2) is 284 Å². The number of likely N-dealkylation sites (tertiary alicyclic amines) is 1. The Hall–Kier alpha value is -6.86. The van der Waals surface area contributed by atoms with Gasteiger partial charge in [0.25, 0.3) is 30.7 Å². The summed E-state index contributed by atoms with van der Waals surface area (Å²) in [6, 6.07) is 12.6. The normalized spacial score (nSPS) is 17.9. The van der Waals surface area contributed by atoms with Gasteiger partial charge in [0.05, 0.1) is 49.9 Å². The SMILES string of the molecule is C#C[C@H]1CC(F)(F)CN1C(=O)CNC(=O)c1ccnc2ccc(OCCCN3CCN(C(=O)[C@H](O)CSCCNC(=O)C(CCCNC(=O)CCCc4ccc(I)cc4)NC(=O)CN4CCN(COC=O)CCN(COC=O)CCN(CC(=O)O)CC4)CC3)cc12. The smallest absolute Gasteiger partial charge is 0.317 e. The summed E-state index contributed by atoms with van der Waals surface area (Å²) < 4.78 is 45.1. The molecule has 30 heteroatoms. The van der Waals surface area contributed by atoms with E-state index in [4.69, 9.17) is 20.6 Å².